The molecule has 0 atom stereocenters. The zero-order chi connectivity index (χ0) is 15.0. The van der Waals surface area contributed by atoms with Crippen LogP contribution in [-0.4, -0.2) is 23.8 Å². The summed E-state index contributed by atoms with van der Waals surface area (Å²) in [6.45, 7) is 2.34. The number of benzene rings is 1. The molecule has 1 amide bonds. The number of nitrogens with zero attached hydrogens (tertiary/aromatic N) is 2. The van der Waals surface area contributed by atoms with Crippen LogP contribution in [0.15, 0.2) is 23.6 Å². The lowest BCUT2D eigenvalue weighted by atomic mass is 10.1. The van der Waals surface area contributed by atoms with Crippen LogP contribution in [0.4, 0.5) is 5.69 Å². The number of carbonyl (C=O) groups excluding carboxylic acids is 2. The highest BCUT2D eigenvalue weighted by Gasteiger charge is 2.36. The van der Waals surface area contributed by atoms with Gasteiger partial charge in [-0.05, 0) is 18.6 Å². The van der Waals surface area contributed by atoms with E-state index in [1.807, 2.05) is 12.3 Å². The molecule has 1 aromatic heterocycles. The van der Waals surface area contributed by atoms with Crippen LogP contribution in [0.5, 0.6) is 5.75 Å². The zero-order valence-corrected chi connectivity index (χ0v) is 12.6. The highest BCUT2D eigenvalue weighted by Crippen LogP contribution is 2.33. The van der Waals surface area contributed by atoms with Crippen molar-refractivity contribution < 1.29 is 14.3 Å². The average Bonchev–Trinajstić information content (AvgIpc) is 3.06. The van der Waals surface area contributed by atoms with Gasteiger partial charge in [0, 0.05) is 11.4 Å². The molecule has 0 spiro atoms. The molecular formula is C15H14N2O3S. The summed E-state index contributed by atoms with van der Waals surface area (Å²) in [5.41, 5.74) is 1.82. The van der Waals surface area contributed by atoms with E-state index in [4.69, 9.17) is 4.74 Å². The first-order chi connectivity index (χ1) is 10.1. The van der Waals surface area contributed by atoms with Crippen LogP contribution in [0.3, 0.4) is 0 Å². The number of hydrogen-bond acceptors (Lipinski definition) is 5. The predicted molar refractivity (Wildman–Crippen MR) is 80.0 cm³/mol. The molecule has 6 heteroatoms. The third kappa shape index (κ3) is 2.31. The molecule has 1 aliphatic heterocycles. The molecule has 1 aromatic carbocycles. The molecule has 0 aliphatic carbocycles. The summed E-state index contributed by atoms with van der Waals surface area (Å²) in [6.07, 6.45) is 0.863. The minimum Gasteiger partial charge on any atom is -0.497 e. The Bertz CT molecular complexity index is 723. The Kier molecular flexibility index (Phi) is 3.47. The quantitative estimate of drug-likeness (QED) is 0.814. The van der Waals surface area contributed by atoms with Gasteiger partial charge in [-0.1, -0.05) is 6.92 Å². The van der Waals surface area contributed by atoms with Crippen LogP contribution < -0.4 is 9.64 Å². The number of carbonyl (C=O) groups is 2. The van der Waals surface area contributed by atoms with Crippen LogP contribution in [0.25, 0.3) is 0 Å². The number of rotatable bonds is 4. The van der Waals surface area contributed by atoms with Crippen LogP contribution in [0.2, 0.25) is 0 Å². The molecule has 0 radical (unpaired) electrons. The number of hydrogen-bond donors (Lipinski definition) is 0. The lowest BCUT2D eigenvalue weighted by Crippen LogP contribution is -2.29. The monoisotopic (exact) mass is 302 g/mol. The van der Waals surface area contributed by atoms with E-state index in [0.29, 0.717) is 23.5 Å². The van der Waals surface area contributed by atoms with E-state index in [-0.39, 0.29) is 0 Å². The van der Waals surface area contributed by atoms with Crippen molar-refractivity contribution in [2.45, 2.75) is 19.9 Å². The molecule has 108 valence electrons. The number of amides is 1. The van der Waals surface area contributed by atoms with Gasteiger partial charge in [-0.15, -0.1) is 11.3 Å². The Labute approximate surface area is 126 Å². The first-order valence-electron chi connectivity index (χ1n) is 6.61. The van der Waals surface area contributed by atoms with E-state index in [1.54, 1.807) is 36.6 Å². The summed E-state index contributed by atoms with van der Waals surface area (Å²) in [7, 11) is 1.55. The highest BCUT2D eigenvalue weighted by atomic mass is 32.1. The largest absolute Gasteiger partial charge is 0.497 e. The SMILES string of the molecule is CCc1nc(CN2C(=O)C(=O)c3ccc(OC)cc32)cs1. The van der Waals surface area contributed by atoms with Gasteiger partial charge in [0.1, 0.15) is 5.75 Å². The molecule has 0 N–H and O–H groups in total. The molecule has 21 heavy (non-hydrogen) atoms. The molecule has 0 unspecified atom stereocenters. The maximum atomic E-state index is 12.2. The Morgan fingerprint density at radius 1 is 1.33 bits per heavy atom. The number of thiazole rings is 1. The molecule has 2 heterocycles. The smallest absolute Gasteiger partial charge is 0.299 e. The summed E-state index contributed by atoms with van der Waals surface area (Å²) < 4.78 is 5.17. The third-order valence-electron chi connectivity index (χ3n) is 3.40. The van der Waals surface area contributed by atoms with Crippen LogP contribution in [0, 0.1) is 0 Å². The van der Waals surface area contributed by atoms with Crippen LogP contribution >= 0.6 is 11.3 Å². The van der Waals surface area contributed by atoms with Crippen molar-refractivity contribution >= 4 is 28.7 Å². The standard InChI is InChI=1S/C15H14N2O3S/c1-3-13-16-9(8-21-13)7-17-12-6-10(20-2)4-5-11(12)14(18)15(17)19/h4-6,8H,3,7H2,1-2H3. The second kappa shape index (κ2) is 5.29. The number of aryl methyl sites for hydroxylation is 1. The summed E-state index contributed by atoms with van der Waals surface area (Å²) in [5.74, 6) is -0.364. The minimum atomic E-state index is -0.510. The van der Waals surface area contributed by atoms with E-state index in [1.165, 1.54) is 4.90 Å². The van der Waals surface area contributed by atoms with Gasteiger partial charge in [0.25, 0.3) is 11.7 Å². The van der Waals surface area contributed by atoms with Gasteiger partial charge in [0.2, 0.25) is 0 Å². The van der Waals surface area contributed by atoms with Crippen molar-refractivity contribution in [3.8, 4) is 5.75 Å². The fourth-order valence-corrected chi connectivity index (χ4v) is 3.04. The highest BCUT2D eigenvalue weighted by molar-refractivity contribution is 7.09. The fourth-order valence-electron chi connectivity index (χ4n) is 2.30. The van der Waals surface area contributed by atoms with Crippen LogP contribution in [-0.2, 0) is 17.8 Å². The van der Waals surface area contributed by atoms with Gasteiger partial charge in [0.15, 0.2) is 0 Å². The van der Waals surface area contributed by atoms with Crippen molar-refractivity contribution in [3.05, 3.63) is 39.8 Å². The lowest BCUT2D eigenvalue weighted by molar-refractivity contribution is -0.114. The van der Waals surface area contributed by atoms with Crippen molar-refractivity contribution in [2.75, 3.05) is 12.0 Å². The van der Waals surface area contributed by atoms with E-state index in [0.717, 1.165) is 17.1 Å². The molecular weight excluding hydrogens is 288 g/mol. The number of ketones is 1. The van der Waals surface area contributed by atoms with E-state index in [2.05, 4.69) is 4.98 Å². The molecule has 0 fully saturated rings. The van der Waals surface area contributed by atoms with E-state index < -0.39 is 11.7 Å². The number of ether oxygens (including phenoxy) is 1. The first-order valence-corrected chi connectivity index (χ1v) is 7.49. The van der Waals surface area contributed by atoms with Crippen LogP contribution in [0.1, 0.15) is 28.0 Å². The summed E-state index contributed by atoms with van der Waals surface area (Å²) in [4.78, 5) is 30.1. The normalized spacial score (nSPS) is 13.7. The number of Topliss-reactive ketones (excluding diaryl/α,β-unsaturated/α-hetero) is 1. The minimum absolute atomic E-state index is 0.307. The topological polar surface area (TPSA) is 59.5 Å². The van der Waals surface area contributed by atoms with Gasteiger partial charge in [-0.2, -0.15) is 0 Å². The van der Waals surface area contributed by atoms with Gasteiger partial charge in [-0.25, -0.2) is 4.98 Å². The number of anilines is 1. The average molecular weight is 302 g/mol. The molecule has 0 bridgehead atoms. The summed E-state index contributed by atoms with van der Waals surface area (Å²) in [5, 5.41) is 2.95. The maximum Gasteiger partial charge on any atom is 0.299 e. The fraction of sp³-hybridized carbons (Fsp3) is 0.267. The van der Waals surface area contributed by atoms with Crippen molar-refractivity contribution in [1.82, 2.24) is 4.98 Å². The zero-order valence-electron chi connectivity index (χ0n) is 11.8. The van der Waals surface area contributed by atoms with E-state index >= 15 is 0 Å². The number of methoxy groups -OCH3 is 1. The van der Waals surface area contributed by atoms with Crippen molar-refractivity contribution in [3.63, 3.8) is 0 Å². The Morgan fingerprint density at radius 3 is 2.81 bits per heavy atom. The first kappa shape index (κ1) is 13.8. The Morgan fingerprint density at radius 2 is 2.14 bits per heavy atom. The van der Waals surface area contributed by atoms with Crippen molar-refractivity contribution in [2.24, 2.45) is 0 Å². The second-order valence-corrected chi connectivity index (χ2v) is 5.63. The van der Waals surface area contributed by atoms with Crippen molar-refractivity contribution in [1.29, 1.82) is 0 Å². The van der Waals surface area contributed by atoms with E-state index in [9.17, 15) is 9.59 Å². The number of fused-ring (bicyclic) bond motifs is 1. The Balaban J connectivity index is 1.96. The van der Waals surface area contributed by atoms with Gasteiger partial charge in [0.05, 0.1) is 35.6 Å². The second-order valence-electron chi connectivity index (χ2n) is 4.69. The molecule has 2 aromatic rings. The summed E-state index contributed by atoms with van der Waals surface area (Å²) in [6, 6.07) is 5.03. The molecule has 5 nitrogen and oxygen atoms in total. The predicted octanol–water partition coefficient (Wildman–Crippen LogP) is 2.44. The lowest BCUT2D eigenvalue weighted by Gasteiger charge is -2.15. The molecule has 3 rings (SSSR count). The summed E-state index contributed by atoms with van der Waals surface area (Å²) >= 11 is 1.57. The third-order valence-corrected chi connectivity index (χ3v) is 4.44. The van der Waals surface area contributed by atoms with Gasteiger partial charge in [-0.3, -0.25) is 14.5 Å². The molecule has 0 saturated carbocycles. The molecule has 1 aliphatic rings. The number of aromatic nitrogens is 1. The van der Waals surface area contributed by atoms with Gasteiger partial charge < -0.3 is 4.74 Å². The van der Waals surface area contributed by atoms with Gasteiger partial charge >= 0.3 is 0 Å². The Hall–Kier alpha value is -2.21. The molecule has 0 saturated heterocycles. The maximum absolute atomic E-state index is 12.2.